The van der Waals surface area contributed by atoms with E-state index in [1.807, 2.05) is 38.1 Å². The van der Waals surface area contributed by atoms with Crippen LogP contribution >= 0.6 is 11.5 Å². The average molecular weight is 450 g/mol. The van der Waals surface area contributed by atoms with Crippen LogP contribution in [0.1, 0.15) is 65.3 Å². The lowest BCUT2D eigenvalue weighted by atomic mass is 9.94. The highest BCUT2D eigenvalue weighted by Gasteiger charge is 2.36. The van der Waals surface area contributed by atoms with Crippen molar-refractivity contribution in [2.24, 2.45) is 0 Å². The van der Waals surface area contributed by atoms with Crippen molar-refractivity contribution in [3.8, 4) is 0 Å². The van der Waals surface area contributed by atoms with Crippen LogP contribution in [-0.4, -0.2) is 32.4 Å². The lowest BCUT2D eigenvalue weighted by Gasteiger charge is -2.33. The molecule has 2 aromatic heterocycles. The molecule has 32 heavy (non-hydrogen) atoms. The first-order chi connectivity index (χ1) is 15.5. The molecule has 2 heterocycles. The van der Waals surface area contributed by atoms with Gasteiger partial charge in [0.25, 0.3) is 5.91 Å². The van der Waals surface area contributed by atoms with Crippen LogP contribution in [0.15, 0.2) is 48.1 Å². The first-order valence-electron chi connectivity index (χ1n) is 10.9. The van der Waals surface area contributed by atoms with Gasteiger partial charge < -0.3 is 5.32 Å². The predicted molar refractivity (Wildman–Crippen MR) is 125 cm³/mol. The van der Waals surface area contributed by atoms with Gasteiger partial charge in [-0.15, -0.1) is 5.10 Å². The molecule has 1 aliphatic carbocycles. The molecule has 0 radical (unpaired) electrons. The number of aromatic nitrogens is 3. The number of anilines is 1. The van der Waals surface area contributed by atoms with E-state index < -0.39 is 6.04 Å². The van der Waals surface area contributed by atoms with E-state index in [2.05, 4.69) is 19.9 Å². The fourth-order valence-corrected chi connectivity index (χ4v) is 4.64. The third kappa shape index (κ3) is 4.85. The number of nitrogens with one attached hydrogen (secondary N) is 1. The van der Waals surface area contributed by atoms with Gasteiger partial charge in [0.1, 0.15) is 6.04 Å². The van der Waals surface area contributed by atoms with Gasteiger partial charge in [0.05, 0.1) is 0 Å². The van der Waals surface area contributed by atoms with Crippen molar-refractivity contribution in [2.45, 2.75) is 58.0 Å². The quantitative estimate of drug-likeness (QED) is 0.603. The molecular formula is C24H27N5O2S. The zero-order valence-electron chi connectivity index (χ0n) is 18.3. The summed E-state index contributed by atoms with van der Waals surface area (Å²) < 4.78 is 3.86. The van der Waals surface area contributed by atoms with Crippen LogP contribution in [0.5, 0.6) is 0 Å². The molecule has 7 nitrogen and oxygen atoms in total. The molecule has 1 atom stereocenters. The summed E-state index contributed by atoms with van der Waals surface area (Å²) in [5.41, 5.74) is 3.44. The molecule has 1 aromatic carbocycles. The summed E-state index contributed by atoms with van der Waals surface area (Å²) in [4.78, 5) is 33.2. The zero-order chi connectivity index (χ0) is 22.5. The molecule has 1 N–H and O–H groups in total. The van der Waals surface area contributed by atoms with Gasteiger partial charge in [0.2, 0.25) is 5.91 Å². The molecule has 1 fully saturated rings. The maximum absolute atomic E-state index is 13.7. The first-order valence-corrected chi connectivity index (χ1v) is 11.8. The lowest BCUT2D eigenvalue weighted by Crippen LogP contribution is -2.47. The number of nitrogens with zero attached hydrogens (tertiary/aromatic N) is 4. The van der Waals surface area contributed by atoms with Crippen molar-refractivity contribution in [1.82, 2.24) is 19.9 Å². The second-order valence-electron chi connectivity index (χ2n) is 8.29. The van der Waals surface area contributed by atoms with E-state index in [4.69, 9.17) is 0 Å². The summed E-state index contributed by atoms with van der Waals surface area (Å²) in [6.45, 7) is 3.91. The molecule has 0 spiro atoms. The summed E-state index contributed by atoms with van der Waals surface area (Å²) in [5, 5.41) is 8.81. The van der Waals surface area contributed by atoms with Gasteiger partial charge in [-0.25, -0.2) is 0 Å². The highest BCUT2D eigenvalue weighted by Crippen LogP contribution is 2.33. The Morgan fingerprint density at radius 1 is 1.16 bits per heavy atom. The van der Waals surface area contributed by atoms with Crippen molar-refractivity contribution in [3.05, 3.63) is 70.5 Å². The van der Waals surface area contributed by atoms with Gasteiger partial charge in [-0.05, 0) is 61.5 Å². The van der Waals surface area contributed by atoms with Gasteiger partial charge in [-0.2, -0.15) is 0 Å². The minimum absolute atomic E-state index is 0.118. The fraction of sp³-hybridized carbons (Fsp3) is 0.375. The standard InChI is InChI=1S/C24H27N5O2S/c1-16-10-11-17(2)21(13-16)29(24(31)20-15-32-28-27-20)22(18-7-6-12-25-14-18)23(30)26-19-8-4-3-5-9-19/h6-7,10-15,19,22H,3-5,8-9H2,1-2H3,(H,26,30)/t22-/m1/s1. The Bertz CT molecular complexity index is 1070. The van der Waals surface area contributed by atoms with Crippen molar-refractivity contribution in [1.29, 1.82) is 0 Å². The second-order valence-corrected chi connectivity index (χ2v) is 8.90. The third-order valence-electron chi connectivity index (χ3n) is 5.88. The zero-order valence-corrected chi connectivity index (χ0v) is 19.1. The van der Waals surface area contributed by atoms with Gasteiger partial charge in [-0.3, -0.25) is 19.5 Å². The van der Waals surface area contributed by atoms with E-state index in [1.165, 1.54) is 6.42 Å². The number of rotatable bonds is 6. The summed E-state index contributed by atoms with van der Waals surface area (Å²) in [7, 11) is 0. The molecule has 4 rings (SSSR count). The normalized spacial score (nSPS) is 15.2. The van der Waals surface area contributed by atoms with Crippen molar-refractivity contribution >= 4 is 29.0 Å². The number of carbonyl (C=O) groups is 2. The van der Waals surface area contributed by atoms with Crippen molar-refractivity contribution in [3.63, 3.8) is 0 Å². The van der Waals surface area contributed by atoms with Crippen LogP contribution in [0.4, 0.5) is 5.69 Å². The highest BCUT2D eigenvalue weighted by molar-refractivity contribution is 7.03. The van der Waals surface area contributed by atoms with E-state index in [9.17, 15) is 9.59 Å². The Hall–Kier alpha value is -3.13. The third-order valence-corrected chi connectivity index (χ3v) is 6.38. The Balaban J connectivity index is 1.81. The van der Waals surface area contributed by atoms with Crippen LogP contribution in [0.25, 0.3) is 0 Å². The van der Waals surface area contributed by atoms with Crippen LogP contribution in [-0.2, 0) is 4.79 Å². The molecular weight excluding hydrogens is 422 g/mol. The number of carbonyl (C=O) groups excluding carboxylic acids is 2. The molecule has 1 saturated carbocycles. The molecule has 8 heteroatoms. The summed E-state index contributed by atoms with van der Waals surface area (Å²) in [5.74, 6) is -0.567. The minimum Gasteiger partial charge on any atom is -0.351 e. The van der Waals surface area contributed by atoms with Gasteiger partial charge in [0, 0.05) is 35.1 Å². The maximum Gasteiger partial charge on any atom is 0.280 e. The smallest absolute Gasteiger partial charge is 0.280 e. The van der Waals surface area contributed by atoms with Gasteiger partial charge in [-0.1, -0.05) is 41.9 Å². The SMILES string of the molecule is Cc1ccc(C)c(N(C(=O)c2csnn2)[C@@H](C(=O)NC2CCCCC2)c2cccnc2)c1. The van der Waals surface area contributed by atoms with E-state index >= 15 is 0 Å². The fourth-order valence-electron chi connectivity index (χ4n) is 4.21. The topological polar surface area (TPSA) is 88.1 Å². The second kappa shape index (κ2) is 9.99. The molecule has 2 amide bonds. The molecule has 166 valence electrons. The first kappa shape index (κ1) is 22.1. The molecule has 0 aliphatic heterocycles. The number of aryl methyl sites for hydroxylation is 2. The Morgan fingerprint density at radius 3 is 2.66 bits per heavy atom. The molecule has 0 saturated heterocycles. The van der Waals surface area contributed by atoms with Crippen LogP contribution in [0, 0.1) is 13.8 Å². The van der Waals surface area contributed by atoms with E-state index in [-0.39, 0.29) is 23.6 Å². The number of pyridine rings is 1. The van der Waals surface area contributed by atoms with Crippen molar-refractivity contribution in [2.75, 3.05) is 4.90 Å². The van der Waals surface area contributed by atoms with Crippen LogP contribution in [0.2, 0.25) is 0 Å². The average Bonchev–Trinajstić information content (AvgIpc) is 3.35. The van der Waals surface area contributed by atoms with Gasteiger partial charge in [0.15, 0.2) is 5.69 Å². The number of benzene rings is 1. The summed E-state index contributed by atoms with van der Waals surface area (Å²) >= 11 is 1.11. The van der Waals surface area contributed by atoms with Crippen LogP contribution < -0.4 is 10.2 Å². The number of amides is 2. The van der Waals surface area contributed by atoms with Gasteiger partial charge >= 0.3 is 0 Å². The lowest BCUT2D eigenvalue weighted by molar-refractivity contribution is -0.123. The Kier molecular flexibility index (Phi) is 6.90. The predicted octanol–water partition coefficient (Wildman–Crippen LogP) is 4.39. The Labute approximate surface area is 192 Å². The minimum atomic E-state index is -0.875. The molecule has 3 aromatic rings. The molecule has 0 unspecified atom stereocenters. The number of hydrogen-bond donors (Lipinski definition) is 1. The molecule has 1 aliphatic rings. The highest BCUT2D eigenvalue weighted by atomic mass is 32.1. The van der Waals surface area contributed by atoms with E-state index in [0.29, 0.717) is 11.3 Å². The van der Waals surface area contributed by atoms with Crippen LogP contribution in [0.3, 0.4) is 0 Å². The Morgan fingerprint density at radius 2 is 1.97 bits per heavy atom. The van der Waals surface area contributed by atoms with Crippen molar-refractivity contribution < 1.29 is 9.59 Å². The maximum atomic E-state index is 13.7. The monoisotopic (exact) mass is 449 g/mol. The summed E-state index contributed by atoms with van der Waals surface area (Å²) in [6.07, 6.45) is 8.63. The van der Waals surface area contributed by atoms with E-state index in [0.717, 1.165) is 48.3 Å². The summed E-state index contributed by atoms with van der Waals surface area (Å²) in [6, 6.07) is 8.75. The van der Waals surface area contributed by atoms with E-state index in [1.54, 1.807) is 28.7 Å². The number of hydrogen-bond acceptors (Lipinski definition) is 6. The largest absolute Gasteiger partial charge is 0.351 e. The molecule has 0 bridgehead atoms.